The van der Waals surface area contributed by atoms with Gasteiger partial charge < -0.3 is 10.6 Å². The largest absolute Gasteiger partial charge is 0.348 e. The van der Waals surface area contributed by atoms with Crippen LogP contribution in [-0.4, -0.2) is 53.9 Å². The zero-order valence-electron chi connectivity index (χ0n) is 19.0. The van der Waals surface area contributed by atoms with Gasteiger partial charge in [-0.25, -0.2) is 9.36 Å². The maximum absolute atomic E-state index is 13.1. The van der Waals surface area contributed by atoms with Gasteiger partial charge in [0.25, 0.3) is 11.8 Å². The van der Waals surface area contributed by atoms with Crippen LogP contribution in [0.4, 0.5) is 0 Å². The molecular formula is C22H32N8O2S. The third kappa shape index (κ3) is 5.07. The SMILES string of the molecule is O=C(NC1CCCCCC1)c1nnn2c1Sc1c(C(=O)NC3CCCCCC3)nnn1CC2. The maximum Gasteiger partial charge on any atom is 0.274 e. The fourth-order valence-corrected chi connectivity index (χ4v) is 6.13. The number of rotatable bonds is 4. The fraction of sp³-hybridized carbons (Fsp3) is 0.727. The molecule has 5 rings (SSSR count). The summed E-state index contributed by atoms with van der Waals surface area (Å²) in [5.74, 6) is -0.387. The van der Waals surface area contributed by atoms with Crippen molar-refractivity contribution in [2.24, 2.45) is 0 Å². The summed E-state index contributed by atoms with van der Waals surface area (Å²) in [6.45, 7) is 1.04. The van der Waals surface area contributed by atoms with Gasteiger partial charge in [-0.3, -0.25) is 9.59 Å². The summed E-state index contributed by atoms with van der Waals surface area (Å²) in [6.07, 6.45) is 13.5. The zero-order valence-corrected chi connectivity index (χ0v) is 19.8. The summed E-state index contributed by atoms with van der Waals surface area (Å²) in [5.41, 5.74) is 0.628. The molecule has 0 unspecified atom stereocenters. The molecule has 0 aromatic carbocycles. The summed E-state index contributed by atoms with van der Waals surface area (Å²) in [5, 5.41) is 24.4. The topological polar surface area (TPSA) is 120 Å². The van der Waals surface area contributed by atoms with Crippen molar-refractivity contribution in [3.63, 3.8) is 0 Å². The summed E-state index contributed by atoms with van der Waals surface area (Å²) in [7, 11) is 0. The van der Waals surface area contributed by atoms with Crippen LogP contribution >= 0.6 is 11.8 Å². The van der Waals surface area contributed by atoms with E-state index < -0.39 is 0 Å². The summed E-state index contributed by atoms with van der Waals surface area (Å²) < 4.78 is 3.46. The lowest BCUT2D eigenvalue weighted by atomic mass is 10.1. The Labute approximate surface area is 197 Å². The van der Waals surface area contributed by atoms with Crippen LogP contribution in [0.3, 0.4) is 0 Å². The van der Waals surface area contributed by atoms with Gasteiger partial charge in [0.2, 0.25) is 0 Å². The van der Waals surface area contributed by atoms with E-state index in [2.05, 4.69) is 31.3 Å². The second-order valence-electron chi connectivity index (χ2n) is 9.36. The number of nitrogens with zero attached hydrogens (tertiary/aromatic N) is 6. The number of hydrogen-bond donors (Lipinski definition) is 2. The molecular weight excluding hydrogens is 440 g/mol. The maximum atomic E-state index is 13.1. The average Bonchev–Trinajstić information content (AvgIpc) is 3.08. The third-order valence-electron chi connectivity index (χ3n) is 6.91. The van der Waals surface area contributed by atoms with Crippen molar-refractivity contribution in [3.05, 3.63) is 11.4 Å². The predicted octanol–water partition coefficient (Wildman–Crippen LogP) is 2.94. The number of hydrogen-bond acceptors (Lipinski definition) is 7. The molecule has 11 heteroatoms. The van der Waals surface area contributed by atoms with E-state index >= 15 is 0 Å². The van der Waals surface area contributed by atoms with Gasteiger partial charge in [0.15, 0.2) is 11.4 Å². The first-order valence-corrected chi connectivity index (χ1v) is 13.2. The molecule has 2 aliphatic carbocycles. The minimum Gasteiger partial charge on any atom is -0.348 e. The van der Waals surface area contributed by atoms with Gasteiger partial charge in [-0.2, -0.15) is 0 Å². The molecule has 0 spiro atoms. The van der Waals surface area contributed by atoms with E-state index in [1.54, 1.807) is 9.36 Å². The lowest BCUT2D eigenvalue weighted by molar-refractivity contribution is 0.0917. The average molecular weight is 473 g/mol. The normalized spacial score (nSPS) is 20.1. The van der Waals surface area contributed by atoms with E-state index in [9.17, 15) is 9.59 Å². The van der Waals surface area contributed by atoms with E-state index in [1.165, 1.54) is 37.4 Å². The van der Waals surface area contributed by atoms with Crippen molar-refractivity contribution in [3.8, 4) is 0 Å². The first kappa shape index (κ1) is 22.4. The molecule has 2 saturated carbocycles. The molecule has 1 aliphatic heterocycles. The van der Waals surface area contributed by atoms with E-state index in [-0.39, 0.29) is 23.9 Å². The summed E-state index contributed by atoms with van der Waals surface area (Å²) in [6, 6.07) is 0.363. The molecule has 3 heterocycles. The molecule has 2 N–H and O–H groups in total. The number of carbonyl (C=O) groups excluding carboxylic acids is 2. The summed E-state index contributed by atoms with van der Waals surface area (Å²) >= 11 is 1.31. The molecule has 0 bridgehead atoms. The van der Waals surface area contributed by atoms with Crippen molar-refractivity contribution >= 4 is 23.6 Å². The van der Waals surface area contributed by atoms with Crippen LogP contribution in [-0.2, 0) is 13.1 Å². The van der Waals surface area contributed by atoms with Gasteiger partial charge in [0.1, 0.15) is 10.1 Å². The number of nitrogens with one attached hydrogen (secondary N) is 2. The van der Waals surface area contributed by atoms with Gasteiger partial charge in [0, 0.05) is 12.1 Å². The number of aryl methyl sites for hydroxylation is 2. The molecule has 10 nitrogen and oxygen atoms in total. The highest BCUT2D eigenvalue weighted by Gasteiger charge is 2.30. The van der Waals surface area contributed by atoms with E-state index in [0.29, 0.717) is 34.5 Å². The number of amides is 2. The highest BCUT2D eigenvalue weighted by atomic mass is 32.2. The van der Waals surface area contributed by atoms with E-state index in [1.807, 2.05) is 0 Å². The van der Waals surface area contributed by atoms with Crippen LogP contribution in [0.2, 0.25) is 0 Å². The predicted molar refractivity (Wildman–Crippen MR) is 122 cm³/mol. The lowest BCUT2D eigenvalue weighted by Crippen LogP contribution is -2.35. The number of carbonyl (C=O) groups is 2. The van der Waals surface area contributed by atoms with Crippen molar-refractivity contribution in [2.75, 3.05) is 0 Å². The second kappa shape index (κ2) is 10.2. The van der Waals surface area contributed by atoms with Gasteiger partial charge in [-0.15, -0.1) is 10.2 Å². The zero-order chi connectivity index (χ0) is 22.6. The van der Waals surface area contributed by atoms with Gasteiger partial charge in [-0.05, 0) is 37.4 Å². The summed E-state index contributed by atoms with van der Waals surface area (Å²) in [4.78, 5) is 26.2. The van der Waals surface area contributed by atoms with Crippen LogP contribution in [0.25, 0.3) is 0 Å². The molecule has 3 aliphatic rings. The monoisotopic (exact) mass is 472 g/mol. The Hall–Kier alpha value is -2.43. The quantitative estimate of drug-likeness (QED) is 0.657. The fourth-order valence-electron chi connectivity index (χ4n) is 5.02. The molecule has 178 valence electrons. The minimum atomic E-state index is -0.193. The molecule has 2 fully saturated rings. The Balaban J connectivity index is 1.33. The van der Waals surface area contributed by atoms with Crippen LogP contribution in [0, 0.1) is 0 Å². The van der Waals surface area contributed by atoms with Crippen LogP contribution in [0.15, 0.2) is 10.1 Å². The minimum absolute atomic E-state index is 0.182. The standard InChI is InChI=1S/C22H32N8O2S/c31-19(23-15-9-5-1-2-6-10-15)17-21-29(27-25-17)13-14-30-22(33-21)18(26-28-30)20(32)24-16-11-7-3-4-8-12-16/h15-16H,1-14H2,(H,23,31)(H,24,32). The lowest BCUT2D eigenvalue weighted by Gasteiger charge is -2.16. The molecule has 0 atom stereocenters. The van der Waals surface area contributed by atoms with Gasteiger partial charge in [0.05, 0.1) is 13.1 Å². The Bertz CT molecular complexity index is 908. The first-order valence-electron chi connectivity index (χ1n) is 12.4. The molecule has 2 aromatic rings. The number of aromatic nitrogens is 6. The third-order valence-corrected chi connectivity index (χ3v) is 8.10. The Morgan fingerprint density at radius 2 is 1.06 bits per heavy atom. The molecule has 2 amide bonds. The smallest absolute Gasteiger partial charge is 0.274 e. The Morgan fingerprint density at radius 3 is 1.45 bits per heavy atom. The van der Waals surface area contributed by atoms with E-state index in [0.717, 1.165) is 51.4 Å². The van der Waals surface area contributed by atoms with Gasteiger partial charge >= 0.3 is 0 Å². The Kier molecular flexibility index (Phi) is 6.93. The van der Waals surface area contributed by atoms with E-state index in [4.69, 9.17) is 0 Å². The van der Waals surface area contributed by atoms with Crippen molar-refractivity contribution in [1.29, 1.82) is 0 Å². The highest BCUT2D eigenvalue weighted by Crippen LogP contribution is 2.34. The molecule has 0 saturated heterocycles. The van der Waals surface area contributed by atoms with Crippen molar-refractivity contribution in [2.45, 2.75) is 112 Å². The molecule has 2 aromatic heterocycles. The molecule has 33 heavy (non-hydrogen) atoms. The van der Waals surface area contributed by atoms with Crippen LogP contribution in [0.1, 0.15) is 98.0 Å². The van der Waals surface area contributed by atoms with Crippen molar-refractivity contribution in [1.82, 2.24) is 40.6 Å². The Morgan fingerprint density at radius 1 is 0.667 bits per heavy atom. The molecule has 0 radical (unpaired) electrons. The van der Waals surface area contributed by atoms with Crippen LogP contribution in [0.5, 0.6) is 0 Å². The first-order chi connectivity index (χ1) is 16.2. The van der Waals surface area contributed by atoms with Crippen LogP contribution < -0.4 is 10.6 Å². The number of fused-ring (bicyclic) bond motifs is 2. The van der Waals surface area contributed by atoms with Crippen molar-refractivity contribution < 1.29 is 9.59 Å². The highest BCUT2D eigenvalue weighted by molar-refractivity contribution is 7.99. The second-order valence-corrected chi connectivity index (χ2v) is 10.3. The van der Waals surface area contributed by atoms with Gasteiger partial charge in [-0.1, -0.05) is 61.8 Å².